The van der Waals surface area contributed by atoms with Gasteiger partial charge in [0.05, 0.1) is 18.8 Å². The Bertz CT molecular complexity index is 570. The van der Waals surface area contributed by atoms with Crippen LogP contribution in [0.1, 0.15) is 12.5 Å². The highest BCUT2D eigenvalue weighted by Crippen LogP contribution is 2.22. The summed E-state index contributed by atoms with van der Waals surface area (Å²) in [5.41, 5.74) is 4.21. The Balaban J connectivity index is 3.29. The quantitative estimate of drug-likeness (QED) is 0.558. The number of aliphatic hydroxyl groups is 2. The average Bonchev–Trinajstić information content (AvgIpc) is 2.32. The lowest BCUT2D eigenvalue weighted by atomic mass is 10.1. The molecule has 1 aromatic carbocycles. The maximum absolute atomic E-state index is 13.9. The predicted octanol–water partition coefficient (Wildman–Crippen LogP) is -0.262. The molecule has 0 radical (unpaired) electrons. The minimum Gasteiger partial charge on any atom is -0.399 e. The third-order valence-corrected chi connectivity index (χ3v) is 4.25. The number of rotatable bonds is 5. The molecule has 0 fully saturated rings. The monoisotopic (exact) mass is 292 g/mol. The zero-order chi connectivity index (χ0) is 14.8. The predicted molar refractivity (Wildman–Crippen MR) is 68.4 cm³/mol. The van der Waals surface area contributed by atoms with E-state index in [4.69, 9.17) is 15.9 Å². The van der Waals surface area contributed by atoms with Crippen LogP contribution in [0.4, 0.5) is 10.1 Å². The highest BCUT2D eigenvalue weighted by molar-refractivity contribution is 7.89. The van der Waals surface area contributed by atoms with E-state index in [1.807, 2.05) is 0 Å². The summed E-state index contributed by atoms with van der Waals surface area (Å²) in [6.45, 7) is 1.42. The lowest BCUT2D eigenvalue weighted by Crippen LogP contribution is -2.51. The Morgan fingerprint density at radius 3 is 2.37 bits per heavy atom. The van der Waals surface area contributed by atoms with Crippen molar-refractivity contribution in [3.63, 3.8) is 0 Å². The zero-order valence-corrected chi connectivity index (χ0v) is 11.5. The smallest absolute Gasteiger partial charge is 0.244 e. The number of aliphatic hydroxyl groups excluding tert-OH is 2. The standard InChI is InChI=1S/C11H17FN2O4S/c1-7-3-8(13)4-9(10(7)12)19(17,18)14-11(2,5-15)6-16/h3-4,14-16H,5-6,13H2,1-2H3. The summed E-state index contributed by atoms with van der Waals surface area (Å²) in [4.78, 5) is -0.613. The van der Waals surface area contributed by atoms with Crippen LogP contribution in [0.2, 0.25) is 0 Å². The summed E-state index contributed by atoms with van der Waals surface area (Å²) < 4.78 is 40.0. The van der Waals surface area contributed by atoms with Crippen molar-refractivity contribution in [1.29, 1.82) is 0 Å². The number of anilines is 1. The van der Waals surface area contributed by atoms with Crippen molar-refractivity contribution in [1.82, 2.24) is 4.72 Å². The number of hydrogen-bond acceptors (Lipinski definition) is 5. The van der Waals surface area contributed by atoms with Crippen LogP contribution in [-0.4, -0.2) is 37.4 Å². The molecule has 6 nitrogen and oxygen atoms in total. The molecule has 0 spiro atoms. The van der Waals surface area contributed by atoms with Gasteiger partial charge < -0.3 is 15.9 Å². The first kappa shape index (κ1) is 15.8. The number of halogens is 1. The molecule has 1 rings (SSSR count). The lowest BCUT2D eigenvalue weighted by molar-refractivity contribution is 0.121. The molecule has 0 aliphatic heterocycles. The summed E-state index contributed by atoms with van der Waals surface area (Å²) >= 11 is 0. The molecular weight excluding hydrogens is 275 g/mol. The second-order valence-corrected chi connectivity index (χ2v) is 6.28. The van der Waals surface area contributed by atoms with Gasteiger partial charge in [-0.05, 0) is 31.5 Å². The van der Waals surface area contributed by atoms with Gasteiger partial charge in [-0.25, -0.2) is 17.5 Å². The second kappa shape index (κ2) is 5.41. The van der Waals surface area contributed by atoms with Crippen LogP contribution in [0.3, 0.4) is 0 Å². The third-order valence-electron chi connectivity index (χ3n) is 2.61. The Kier molecular flexibility index (Phi) is 4.51. The van der Waals surface area contributed by atoms with Gasteiger partial charge in [-0.3, -0.25) is 0 Å². The highest BCUT2D eigenvalue weighted by Gasteiger charge is 2.31. The first-order chi connectivity index (χ1) is 8.65. The molecule has 108 valence electrons. The van der Waals surface area contributed by atoms with Crippen molar-refractivity contribution in [3.05, 3.63) is 23.5 Å². The number of sulfonamides is 1. The first-order valence-electron chi connectivity index (χ1n) is 5.46. The normalized spacial score (nSPS) is 12.7. The van der Waals surface area contributed by atoms with E-state index < -0.39 is 39.5 Å². The maximum atomic E-state index is 13.9. The summed E-state index contributed by atoms with van der Waals surface area (Å²) in [7, 11) is -4.24. The molecule has 0 heterocycles. The van der Waals surface area contributed by atoms with Crippen LogP contribution in [0.25, 0.3) is 0 Å². The number of nitrogens with one attached hydrogen (secondary N) is 1. The van der Waals surface area contributed by atoms with E-state index in [1.54, 1.807) is 0 Å². The zero-order valence-electron chi connectivity index (χ0n) is 10.6. The third kappa shape index (κ3) is 3.41. The van der Waals surface area contributed by atoms with Crippen LogP contribution in [0.5, 0.6) is 0 Å². The van der Waals surface area contributed by atoms with Gasteiger partial charge >= 0.3 is 0 Å². The fraction of sp³-hybridized carbons (Fsp3) is 0.455. The summed E-state index contributed by atoms with van der Waals surface area (Å²) in [6.07, 6.45) is 0. The molecule has 0 aliphatic rings. The Hall–Kier alpha value is -1.22. The van der Waals surface area contributed by atoms with Crippen LogP contribution in [-0.2, 0) is 10.0 Å². The van der Waals surface area contributed by atoms with Gasteiger partial charge in [-0.15, -0.1) is 0 Å². The molecule has 0 unspecified atom stereocenters. The van der Waals surface area contributed by atoms with Gasteiger partial charge in [-0.2, -0.15) is 0 Å². The van der Waals surface area contributed by atoms with E-state index in [1.165, 1.54) is 19.9 Å². The molecule has 0 atom stereocenters. The number of benzene rings is 1. The van der Waals surface area contributed by atoms with E-state index in [0.717, 1.165) is 6.07 Å². The van der Waals surface area contributed by atoms with Crippen molar-refractivity contribution < 1.29 is 23.0 Å². The van der Waals surface area contributed by atoms with Crippen molar-refractivity contribution in [3.8, 4) is 0 Å². The summed E-state index contributed by atoms with van der Waals surface area (Å²) in [5, 5.41) is 18.1. The van der Waals surface area contributed by atoms with Gasteiger partial charge in [0.15, 0.2) is 0 Å². The van der Waals surface area contributed by atoms with Crippen LogP contribution in [0, 0.1) is 12.7 Å². The fourth-order valence-electron chi connectivity index (χ4n) is 1.45. The second-order valence-electron chi connectivity index (χ2n) is 4.63. The van der Waals surface area contributed by atoms with E-state index in [2.05, 4.69) is 4.72 Å². The van der Waals surface area contributed by atoms with Gasteiger partial charge in [-0.1, -0.05) is 0 Å². The van der Waals surface area contributed by atoms with Gasteiger partial charge in [0.1, 0.15) is 10.7 Å². The number of aryl methyl sites for hydroxylation is 1. The van der Waals surface area contributed by atoms with E-state index in [0.29, 0.717) is 0 Å². The minimum absolute atomic E-state index is 0.0927. The van der Waals surface area contributed by atoms with Crippen molar-refractivity contribution in [2.24, 2.45) is 0 Å². The Labute approximate surface area is 111 Å². The summed E-state index contributed by atoms with van der Waals surface area (Å²) in [5.74, 6) is -0.917. The molecule has 19 heavy (non-hydrogen) atoms. The SMILES string of the molecule is Cc1cc(N)cc(S(=O)(=O)NC(C)(CO)CO)c1F. The Morgan fingerprint density at radius 2 is 1.89 bits per heavy atom. The highest BCUT2D eigenvalue weighted by atomic mass is 32.2. The molecule has 0 saturated carbocycles. The molecule has 0 amide bonds. The minimum atomic E-state index is -4.24. The van der Waals surface area contributed by atoms with Crippen molar-refractivity contribution in [2.45, 2.75) is 24.3 Å². The molecule has 0 aromatic heterocycles. The number of nitrogens with two attached hydrogens (primary N) is 1. The Morgan fingerprint density at radius 1 is 1.37 bits per heavy atom. The molecular formula is C11H17FN2O4S. The fourth-order valence-corrected chi connectivity index (χ4v) is 3.03. The van der Waals surface area contributed by atoms with Crippen LogP contribution < -0.4 is 10.5 Å². The lowest BCUT2D eigenvalue weighted by Gasteiger charge is -2.26. The van der Waals surface area contributed by atoms with E-state index in [9.17, 15) is 12.8 Å². The summed E-state index contributed by atoms with van der Waals surface area (Å²) in [6, 6.07) is 2.30. The molecule has 8 heteroatoms. The average molecular weight is 292 g/mol. The molecule has 0 saturated heterocycles. The van der Waals surface area contributed by atoms with Crippen LogP contribution in [0.15, 0.2) is 17.0 Å². The largest absolute Gasteiger partial charge is 0.399 e. The van der Waals surface area contributed by atoms with Crippen molar-refractivity contribution in [2.75, 3.05) is 18.9 Å². The molecule has 0 aliphatic carbocycles. The van der Waals surface area contributed by atoms with Crippen LogP contribution >= 0.6 is 0 Å². The molecule has 1 aromatic rings. The molecule has 0 bridgehead atoms. The van der Waals surface area contributed by atoms with Gasteiger partial charge in [0.25, 0.3) is 0 Å². The van der Waals surface area contributed by atoms with Crippen molar-refractivity contribution >= 4 is 15.7 Å². The number of nitrogen functional groups attached to an aromatic ring is 1. The first-order valence-corrected chi connectivity index (χ1v) is 6.95. The number of hydrogen-bond donors (Lipinski definition) is 4. The molecule has 5 N–H and O–H groups in total. The van der Waals surface area contributed by atoms with E-state index in [-0.39, 0.29) is 11.3 Å². The van der Waals surface area contributed by atoms with Gasteiger partial charge in [0, 0.05) is 5.69 Å². The topological polar surface area (TPSA) is 113 Å². The van der Waals surface area contributed by atoms with Gasteiger partial charge in [0.2, 0.25) is 10.0 Å². The maximum Gasteiger partial charge on any atom is 0.244 e. The van der Waals surface area contributed by atoms with E-state index >= 15 is 0 Å².